The summed E-state index contributed by atoms with van der Waals surface area (Å²) in [4.78, 5) is 14.8. The molecule has 1 aliphatic rings. The fourth-order valence-electron chi connectivity index (χ4n) is 2.03. The van der Waals surface area contributed by atoms with Gasteiger partial charge in [0.1, 0.15) is 0 Å². The van der Waals surface area contributed by atoms with Crippen molar-refractivity contribution in [3.8, 4) is 0 Å². The van der Waals surface area contributed by atoms with Crippen LogP contribution in [-0.4, -0.2) is 17.6 Å². The van der Waals surface area contributed by atoms with Crippen LogP contribution in [-0.2, 0) is 6.54 Å². The average Bonchev–Trinajstić information content (AvgIpc) is 3.11. The van der Waals surface area contributed by atoms with Crippen LogP contribution in [0, 0.1) is 5.92 Å². The zero-order valence-corrected chi connectivity index (χ0v) is 10.2. The number of urea groups is 1. The molecule has 1 aromatic carbocycles. The van der Waals surface area contributed by atoms with Crippen molar-refractivity contribution in [2.45, 2.75) is 19.4 Å². The first kappa shape index (κ1) is 11.1. The third-order valence-corrected chi connectivity index (χ3v) is 3.27. The van der Waals surface area contributed by atoms with Crippen molar-refractivity contribution in [2.24, 2.45) is 5.92 Å². The number of aromatic amines is 1. The molecule has 4 nitrogen and oxygen atoms in total. The molecule has 0 unspecified atom stereocenters. The van der Waals surface area contributed by atoms with E-state index in [1.54, 1.807) is 0 Å². The maximum atomic E-state index is 11.5. The van der Waals surface area contributed by atoms with Crippen LogP contribution in [0.15, 0.2) is 30.3 Å². The van der Waals surface area contributed by atoms with Crippen LogP contribution in [0.1, 0.15) is 18.5 Å². The molecule has 2 aromatic rings. The van der Waals surface area contributed by atoms with Gasteiger partial charge in [0, 0.05) is 17.8 Å². The van der Waals surface area contributed by atoms with Gasteiger partial charge in [0.15, 0.2) is 0 Å². The Morgan fingerprint density at radius 3 is 2.89 bits per heavy atom. The Morgan fingerprint density at radius 1 is 1.28 bits per heavy atom. The van der Waals surface area contributed by atoms with Crippen molar-refractivity contribution in [1.29, 1.82) is 0 Å². The molecular weight excluding hydrogens is 226 g/mol. The molecule has 2 amide bonds. The standard InChI is InChI=1S/C14H17N3O/c18-14(15-8-10-5-6-10)16-9-12-7-11-3-1-2-4-13(11)17-12/h1-4,7,10,17H,5-6,8-9H2,(H2,15,16,18). The van der Waals surface area contributed by atoms with E-state index in [2.05, 4.69) is 27.8 Å². The number of fused-ring (bicyclic) bond motifs is 1. The second-order valence-corrected chi connectivity index (χ2v) is 4.89. The zero-order valence-electron chi connectivity index (χ0n) is 10.2. The van der Waals surface area contributed by atoms with Crippen molar-refractivity contribution in [2.75, 3.05) is 6.54 Å². The molecule has 1 saturated carbocycles. The maximum Gasteiger partial charge on any atom is 0.315 e. The van der Waals surface area contributed by atoms with Crippen LogP contribution < -0.4 is 10.6 Å². The Bertz CT molecular complexity index is 524. The number of amides is 2. The summed E-state index contributed by atoms with van der Waals surface area (Å²) in [7, 11) is 0. The summed E-state index contributed by atoms with van der Waals surface area (Å²) in [6.45, 7) is 1.34. The molecule has 0 saturated heterocycles. The van der Waals surface area contributed by atoms with Gasteiger partial charge in [-0.3, -0.25) is 0 Å². The van der Waals surface area contributed by atoms with Gasteiger partial charge in [-0.05, 0) is 36.3 Å². The highest BCUT2D eigenvalue weighted by molar-refractivity contribution is 5.80. The predicted molar refractivity (Wildman–Crippen MR) is 71.3 cm³/mol. The van der Waals surface area contributed by atoms with Gasteiger partial charge in [-0.2, -0.15) is 0 Å². The number of para-hydroxylation sites is 1. The van der Waals surface area contributed by atoms with Gasteiger partial charge in [0.2, 0.25) is 0 Å². The number of benzene rings is 1. The summed E-state index contributed by atoms with van der Waals surface area (Å²) >= 11 is 0. The first-order valence-electron chi connectivity index (χ1n) is 6.39. The summed E-state index contributed by atoms with van der Waals surface area (Å²) < 4.78 is 0. The topological polar surface area (TPSA) is 56.9 Å². The first-order chi connectivity index (χ1) is 8.81. The number of H-pyrrole nitrogens is 1. The Hall–Kier alpha value is -1.97. The van der Waals surface area contributed by atoms with E-state index in [0.29, 0.717) is 12.5 Å². The van der Waals surface area contributed by atoms with E-state index < -0.39 is 0 Å². The lowest BCUT2D eigenvalue weighted by molar-refractivity contribution is 0.240. The van der Waals surface area contributed by atoms with Crippen LogP contribution in [0.4, 0.5) is 4.79 Å². The normalized spacial score (nSPS) is 14.7. The third kappa shape index (κ3) is 2.64. The second-order valence-electron chi connectivity index (χ2n) is 4.89. The number of nitrogens with one attached hydrogen (secondary N) is 3. The minimum absolute atomic E-state index is 0.0828. The van der Waals surface area contributed by atoms with Gasteiger partial charge < -0.3 is 15.6 Å². The number of hydrogen-bond acceptors (Lipinski definition) is 1. The molecule has 0 radical (unpaired) electrons. The Labute approximate surface area is 106 Å². The van der Waals surface area contributed by atoms with E-state index in [-0.39, 0.29) is 6.03 Å². The van der Waals surface area contributed by atoms with Crippen molar-refractivity contribution >= 4 is 16.9 Å². The van der Waals surface area contributed by atoms with E-state index in [1.165, 1.54) is 18.2 Å². The minimum Gasteiger partial charge on any atom is -0.357 e. The second kappa shape index (κ2) is 4.72. The van der Waals surface area contributed by atoms with Crippen LogP contribution in [0.5, 0.6) is 0 Å². The van der Waals surface area contributed by atoms with Crippen LogP contribution in [0.25, 0.3) is 10.9 Å². The smallest absolute Gasteiger partial charge is 0.315 e. The maximum absolute atomic E-state index is 11.5. The van der Waals surface area contributed by atoms with Crippen LogP contribution >= 0.6 is 0 Å². The lowest BCUT2D eigenvalue weighted by Crippen LogP contribution is -2.36. The summed E-state index contributed by atoms with van der Waals surface area (Å²) in [6.07, 6.45) is 2.50. The van der Waals surface area contributed by atoms with Crippen LogP contribution in [0.2, 0.25) is 0 Å². The number of carbonyl (C=O) groups excluding carboxylic acids is 1. The highest BCUT2D eigenvalue weighted by Gasteiger charge is 2.21. The third-order valence-electron chi connectivity index (χ3n) is 3.27. The van der Waals surface area contributed by atoms with Gasteiger partial charge in [-0.1, -0.05) is 18.2 Å². The SMILES string of the molecule is O=C(NCc1cc2ccccc2[nH]1)NCC1CC1. The molecule has 1 aliphatic carbocycles. The monoisotopic (exact) mass is 243 g/mol. The lowest BCUT2D eigenvalue weighted by atomic mass is 10.2. The van der Waals surface area contributed by atoms with Crippen molar-refractivity contribution in [1.82, 2.24) is 15.6 Å². The zero-order chi connectivity index (χ0) is 12.4. The van der Waals surface area contributed by atoms with E-state index in [4.69, 9.17) is 0 Å². The molecule has 18 heavy (non-hydrogen) atoms. The van der Waals surface area contributed by atoms with Crippen molar-refractivity contribution < 1.29 is 4.79 Å². The summed E-state index contributed by atoms with van der Waals surface area (Å²) in [5, 5.41) is 6.92. The molecule has 94 valence electrons. The molecule has 0 atom stereocenters. The molecule has 0 aliphatic heterocycles. The number of hydrogen-bond donors (Lipinski definition) is 3. The molecule has 0 bridgehead atoms. The Kier molecular flexibility index (Phi) is 2.92. The van der Waals surface area contributed by atoms with E-state index in [9.17, 15) is 4.79 Å². The van der Waals surface area contributed by atoms with Crippen LogP contribution in [0.3, 0.4) is 0 Å². The molecule has 1 aromatic heterocycles. The van der Waals surface area contributed by atoms with Crippen molar-refractivity contribution in [3.05, 3.63) is 36.0 Å². The Morgan fingerprint density at radius 2 is 2.11 bits per heavy atom. The van der Waals surface area contributed by atoms with Gasteiger partial charge in [-0.25, -0.2) is 4.79 Å². The molecule has 1 heterocycles. The summed E-state index contributed by atoms with van der Waals surface area (Å²) in [5.41, 5.74) is 2.13. The molecule has 3 N–H and O–H groups in total. The lowest BCUT2D eigenvalue weighted by Gasteiger charge is -2.05. The molecule has 1 fully saturated rings. The van der Waals surface area contributed by atoms with E-state index in [1.807, 2.05) is 18.2 Å². The molecule has 0 spiro atoms. The van der Waals surface area contributed by atoms with Gasteiger partial charge >= 0.3 is 6.03 Å². The molecular formula is C14H17N3O. The van der Waals surface area contributed by atoms with Gasteiger partial charge in [0.25, 0.3) is 0 Å². The largest absolute Gasteiger partial charge is 0.357 e. The van der Waals surface area contributed by atoms with Gasteiger partial charge in [0.05, 0.1) is 6.54 Å². The Balaban J connectivity index is 1.53. The summed E-state index contributed by atoms with van der Waals surface area (Å²) in [5.74, 6) is 0.712. The van der Waals surface area contributed by atoms with Crippen molar-refractivity contribution in [3.63, 3.8) is 0 Å². The fraction of sp³-hybridized carbons (Fsp3) is 0.357. The van der Waals surface area contributed by atoms with E-state index >= 15 is 0 Å². The molecule has 4 heteroatoms. The number of rotatable bonds is 4. The van der Waals surface area contributed by atoms with Gasteiger partial charge in [-0.15, -0.1) is 0 Å². The first-order valence-corrected chi connectivity index (χ1v) is 6.39. The van der Waals surface area contributed by atoms with E-state index in [0.717, 1.165) is 17.8 Å². The quantitative estimate of drug-likeness (QED) is 0.758. The highest BCUT2D eigenvalue weighted by Crippen LogP contribution is 2.27. The fourth-order valence-corrected chi connectivity index (χ4v) is 2.03. The number of carbonyl (C=O) groups is 1. The number of aromatic nitrogens is 1. The summed E-state index contributed by atoms with van der Waals surface area (Å²) in [6, 6.07) is 10.1. The molecule has 3 rings (SSSR count). The predicted octanol–water partition coefficient (Wildman–Crippen LogP) is 2.38. The highest BCUT2D eigenvalue weighted by atomic mass is 16.2. The average molecular weight is 243 g/mol. The minimum atomic E-state index is -0.0828.